The maximum atomic E-state index is 4.91. The lowest BCUT2D eigenvalue weighted by atomic mass is 10.3. The molecule has 0 radical (unpaired) electrons. The molecule has 0 aromatic rings. The monoisotopic (exact) mass is 171 g/mol. The van der Waals surface area contributed by atoms with Crippen molar-refractivity contribution >= 4 is 6.21 Å². The Bertz CT molecular complexity index is 132. The molecular formula is C9H17NO2. The molecule has 0 amide bonds. The predicted molar refractivity (Wildman–Crippen MR) is 50.4 cm³/mol. The van der Waals surface area contributed by atoms with Gasteiger partial charge in [-0.3, -0.25) is 0 Å². The first-order valence-corrected chi connectivity index (χ1v) is 4.10. The molecule has 3 nitrogen and oxygen atoms in total. The fourth-order valence-electron chi connectivity index (χ4n) is 0.738. The molecule has 0 bridgehead atoms. The zero-order valence-electron chi connectivity index (χ0n) is 7.82. The normalized spacial score (nSPS) is 11.5. The number of rotatable bonds is 7. The van der Waals surface area contributed by atoms with Gasteiger partial charge in [-0.15, -0.1) is 0 Å². The number of hydrogen-bond acceptors (Lipinski definition) is 3. The minimum atomic E-state index is 0.830. The summed E-state index contributed by atoms with van der Waals surface area (Å²) < 4.78 is 4.91. The highest BCUT2D eigenvalue weighted by Gasteiger charge is 1.80. The molecular weight excluding hydrogens is 154 g/mol. The largest absolute Gasteiger partial charge is 0.399 e. The van der Waals surface area contributed by atoms with Gasteiger partial charge in [-0.2, -0.15) is 0 Å². The van der Waals surface area contributed by atoms with E-state index in [1.807, 2.05) is 0 Å². The Hall–Kier alpha value is -0.830. The van der Waals surface area contributed by atoms with Gasteiger partial charge < -0.3 is 9.57 Å². The third kappa shape index (κ3) is 9.17. The number of allylic oxidation sites excluding steroid dienone is 2. The van der Waals surface area contributed by atoms with Crippen molar-refractivity contribution in [2.45, 2.75) is 19.3 Å². The van der Waals surface area contributed by atoms with E-state index in [1.165, 1.54) is 0 Å². The topological polar surface area (TPSA) is 30.8 Å². The van der Waals surface area contributed by atoms with Gasteiger partial charge in [0.25, 0.3) is 0 Å². The zero-order chi connectivity index (χ0) is 9.07. The summed E-state index contributed by atoms with van der Waals surface area (Å²) in [4.78, 5) is 4.50. The number of nitrogens with zero attached hydrogens (tertiary/aromatic N) is 1. The first kappa shape index (κ1) is 11.2. The van der Waals surface area contributed by atoms with Gasteiger partial charge in [0.1, 0.15) is 7.11 Å². The summed E-state index contributed by atoms with van der Waals surface area (Å²) in [5.41, 5.74) is 0. The fourth-order valence-corrected chi connectivity index (χ4v) is 0.738. The highest BCUT2D eigenvalue weighted by atomic mass is 16.6. The van der Waals surface area contributed by atoms with E-state index < -0.39 is 0 Å². The minimum absolute atomic E-state index is 0.830. The van der Waals surface area contributed by atoms with Crippen molar-refractivity contribution in [3.05, 3.63) is 12.2 Å². The Morgan fingerprint density at radius 2 is 2.08 bits per heavy atom. The van der Waals surface area contributed by atoms with Crippen molar-refractivity contribution in [2.24, 2.45) is 5.16 Å². The molecule has 0 saturated carbocycles. The van der Waals surface area contributed by atoms with Gasteiger partial charge in [0.2, 0.25) is 0 Å². The van der Waals surface area contributed by atoms with Gasteiger partial charge in [0.15, 0.2) is 0 Å². The Kier molecular flexibility index (Phi) is 9.47. The summed E-state index contributed by atoms with van der Waals surface area (Å²) in [5.74, 6) is 0. The molecule has 0 N–H and O–H groups in total. The van der Waals surface area contributed by atoms with E-state index in [9.17, 15) is 0 Å². The molecule has 3 heteroatoms. The summed E-state index contributed by atoms with van der Waals surface area (Å²) in [7, 11) is 3.26. The second-order valence-electron chi connectivity index (χ2n) is 2.31. The summed E-state index contributed by atoms with van der Waals surface area (Å²) >= 11 is 0. The second-order valence-corrected chi connectivity index (χ2v) is 2.31. The molecule has 0 rings (SSSR count). The van der Waals surface area contributed by atoms with Crippen LogP contribution in [0.15, 0.2) is 17.3 Å². The van der Waals surface area contributed by atoms with Crippen molar-refractivity contribution in [3.8, 4) is 0 Å². The standard InChI is InChI=1S/C9H17NO2/c1-11-9-7-5-3-4-6-8-10-12-2/h3-4,8H,5-7,9H2,1-2H3/b4-3?,10-8+. The van der Waals surface area contributed by atoms with Crippen LogP contribution >= 0.6 is 0 Å². The SMILES string of the molecule is COCCCC=CC/C=N/OC. The highest BCUT2D eigenvalue weighted by Crippen LogP contribution is 1.91. The van der Waals surface area contributed by atoms with Gasteiger partial charge in [0.05, 0.1) is 0 Å². The number of hydrogen-bond donors (Lipinski definition) is 0. The molecule has 0 heterocycles. The molecule has 0 aliphatic rings. The van der Waals surface area contributed by atoms with Crippen LogP contribution in [0.2, 0.25) is 0 Å². The molecule has 12 heavy (non-hydrogen) atoms. The van der Waals surface area contributed by atoms with Crippen LogP contribution in [0.3, 0.4) is 0 Å². The molecule has 0 aliphatic carbocycles. The second kappa shape index (κ2) is 10.2. The first-order valence-electron chi connectivity index (χ1n) is 4.10. The molecule has 0 unspecified atom stereocenters. The van der Waals surface area contributed by atoms with Crippen LogP contribution in [0.5, 0.6) is 0 Å². The van der Waals surface area contributed by atoms with Crippen molar-refractivity contribution in [2.75, 3.05) is 20.8 Å². The van der Waals surface area contributed by atoms with Crippen LogP contribution in [0.4, 0.5) is 0 Å². The molecule has 0 aliphatic heterocycles. The molecule has 0 saturated heterocycles. The van der Waals surface area contributed by atoms with Crippen LogP contribution < -0.4 is 0 Å². The Morgan fingerprint density at radius 1 is 1.25 bits per heavy atom. The maximum absolute atomic E-state index is 4.91. The van der Waals surface area contributed by atoms with E-state index >= 15 is 0 Å². The Labute approximate surface area is 74.0 Å². The fraction of sp³-hybridized carbons (Fsp3) is 0.667. The Morgan fingerprint density at radius 3 is 2.75 bits per heavy atom. The minimum Gasteiger partial charge on any atom is -0.399 e. The zero-order valence-corrected chi connectivity index (χ0v) is 7.82. The lowest BCUT2D eigenvalue weighted by Gasteiger charge is -1.92. The summed E-state index contributed by atoms with van der Waals surface area (Å²) in [6, 6.07) is 0. The number of methoxy groups -OCH3 is 1. The number of oxime groups is 1. The molecule has 0 spiro atoms. The van der Waals surface area contributed by atoms with E-state index in [4.69, 9.17) is 4.74 Å². The van der Waals surface area contributed by atoms with Gasteiger partial charge in [0, 0.05) is 26.4 Å². The van der Waals surface area contributed by atoms with Gasteiger partial charge in [-0.25, -0.2) is 0 Å². The third-order valence-corrected chi connectivity index (χ3v) is 1.31. The van der Waals surface area contributed by atoms with Gasteiger partial charge in [-0.05, 0) is 12.8 Å². The van der Waals surface area contributed by atoms with E-state index in [-0.39, 0.29) is 0 Å². The molecule has 0 fully saturated rings. The predicted octanol–water partition coefficient (Wildman–Crippen LogP) is 1.99. The van der Waals surface area contributed by atoms with E-state index in [0.29, 0.717) is 0 Å². The van der Waals surface area contributed by atoms with Crippen LogP contribution in [0.1, 0.15) is 19.3 Å². The lowest BCUT2D eigenvalue weighted by molar-refractivity contribution is 0.196. The van der Waals surface area contributed by atoms with Crippen molar-refractivity contribution in [1.29, 1.82) is 0 Å². The summed E-state index contributed by atoms with van der Waals surface area (Å²) in [6.45, 7) is 0.830. The average Bonchev–Trinajstić information content (AvgIpc) is 2.10. The third-order valence-electron chi connectivity index (χ3n) is 1.31. The number of unbranched alkanes of at least 4 members (excludes halogenated alkanes) is 1. The quantitative estimate of drug-likeness (QED) is 0.254. The van der Waals surface area contributed by atoms with Crippen LogP contribution in [0, 0.1) is 0 Å². The van der Waals surface area contributed by atoms with Crippen molar-refractivity contribution in [1.82, 2.24) is 0 Å². The van der Waals surface area contributed by atoms with Gasteiger partial charge >= 0.3 is 0 Å². The van der Waals surface area contributed by atoms with Crippen LogP contribution in [-0.2, 0) is 9.57 Å². The lowest BCUT2D eigenvalue weighted by Crippen LogP contribution is -1.85. The molecule has 0 aromatic heterocycles. The van der Waals surface area contributed by atoms with Crippen LogP contribution in [0.25, 0.3) is 0 Å². The smallest absolute Gasteiger partial charge is 0.106 e. The molecule has 70 valence electrons. The molecule has 0 aromatic carbocycles. The van der Waals surface area contributed by atoms with E-state index in [2.05, 4.69) is 22.1 Å². The highest BCUT2D eigenvalue weighted by molar-refractivity contribution is 5.58. The van der Waals surface area contributed by atoms with E-state index in [0.717, 1.165) is 25.9 Å². The molecule has 0 atom stereocenters. The number of ether oxygens (including phenoxy) is 1. The Balaban J connectivity index is 3.08. The summed E-state index contributed by atoms with van der Waals surface area (Å²) in [6.07, 6.45) is 8.90. The van der Waals surface area contributed by atoms with E-state index in [1.54, 1.807) is 20.4 Å². The van der Waals surface area contributed by atoms with Crippen molar-refractivity contribution in [3.63, 3.8) is 0 Å². The van der Waals surface area contributed by atoms with Gasteiger partial charge in [-0.1, -0.05) is 17.3 Å². The average molecular weight is 171 g/mol. The summed E-state index contributed by atoms with van der Waals surface area (Å²) in [5, 5.41) is 3.60. The van der Waals surface area contributed by atoms with Crippen LogP contribution in [-0.4, -0.2) is 27.0 Å². The first-order chi connectivity index (χ1) is 5.91. The maximum Gasteiger partial charge on any atom is 0.106 e. The van der Waals surface area contributed by atoms with Crippen molar-refractivity contribution < 1.29 is 9.57 Å².